The fourth-order valence-corrected chi connectivity index (χ4v) is 3.73. The quantitative estimate of drug-likeness (QED) is 0.328. The Morgan fingerprint density at radius 2 is 1.88 bits per heavy atom. The van der Waals surface area contributed by atoms with E-state index >= 15 is 0 Å². The van der Waals surface area contributed by atoms with Gasteiger partial charge in [0.05, 0.1) is 28.5 Å². The molecule has 2 aromatic heterocycles. The van der Waals surface area contributed by atoms with Crippen LogP contribution >= 0.6 is 0 Å². The number of anilines is 2. The smallest absolute Gasteiger partial charge is 0.349 e. The molecule has 0 spiro atoms. The second kappa shape index (κ2) is 9.46. The molecule has 0 aliphatic carbocycles. The maximum absolute atomic E-state index is 13.1. The number of nitrogens with zero attached hydrogens (tertiary/aromatic N) is 2. The molecule has 10 nitrogen and oxygen atoms in total. The number of amides is 2. The van der Waals surface area contributed by atoms with Gasteiger partial charge in [0.25, 0.3) is 5.91 Å². The van der Waals surface area contributed by atoms with Crippen molar-refractivity contribution in [3.8, 4) is 17.5 Å². The fraction of sp³-hybridized carbons (Fsp3) is 0.208. The first kappa shape index (κ1) is 22.5. The van der Waals surface area contributed by atoms with Crippen LogP contribution in [0.2, 0.25) is 0 Å². The van der Waals surface area contributed by atoms with Gasteiger partial charge in [-0.1, -0.05) is 31.1 Å². The molecule has 172 valence electrons. The summed E-state index contributed by atoms with van der Waals surface area (Å²) in [7, 11) is 0. The third kappa shape index (κ3) is 4.45. The van der Waals surface area contributed by atoms with E-state index in [2.05, 4.69) is 30.3 Å². The molecule has 0 atom stereocenters. The number of nitriles is 1. The summed E-state index contributed by atoms with van der Waals surface area (Å²) >= 11 is 0. The normalized spacial score (nSPS) is 10.9. The van der Waals surface area contributed by atoms with Crippen LogP contribution in [-0.4, -0.2) is 26.9 Å². The molecule has 0 aliphatic rings. The highest BCUT2D eigenvalue weighted by molar-refractivity contribution is 6.09. The molecule has 4 N–H and O–H groups in total. The zero-order valence-electron chi connectivity index (χ0n) is 18.6. The zero-order valence-corrected chi connectivity index (χ0v) is 18.6. The number of aromatic nitrogens is 3. The van der Waals surface area contributed by atoms with Crippen molar-refractivity contribution in [3.05, 3.63) is 64.3 Å². The predicted octanol–water partition coefficient (Wildman–Crippen LogP) is 4.01. The van der Waals surface area contributed by atoms with Gasteiger partial charge in [-0.15, -0.1) is 0 Å². The van der Waals surface area contributed by atoms with Gasteiger partial charge < -0.3 is 15.6 Å². The first-order valence-corrected chi connectivity index (χ1v) is 10.8. The molecule has 0 bridgehead atoms. The number of carbonyl (C=O) groups excluding carboxylic acids is 2. The first-order valence-electron chi connectivity index (χ1n) is 10.8. The van der Waals surface area contributed by atoms with Crippen LogP contribution in [-0.2, 0) is 4.79 Å². The minimum absolute atomic E-state index is 0.0677. The van der Waals surface area contributed by atoms with Crippen molar-refractivity contribution in [2.45, 2.75) is 26.7 Å². The second-order valence-electron chi connectivity index (χ2n) is 7.73. The summed E-state index contributed by atoms with van der Waals surface area (Å²) in [6.45, 7) is 3.94. The summed E-state index contributed by atoms with van der Waals surface area (Å²) in [5, 5.41) is 19.3. The number of nitrogens with one attached hydrogen (secondary N) is 4. The van der Waals surface area contributed by atoms with Gasteiger partial charge in [0.15, 0.2) is 5.82 Å². The molecule has 4 rings (SSSR count). The molecule has 2 heterocycles. The maximum Gasteiger partial charge on any atom is 0.439 e. The summed E-state index contributed by atoms with van der Waals surface area (Å²) in [6.07, 6.45) is 1.47. The van der Waals surface area contributed by atoms with Crippen LogP contribution in [0.4, 0.5) is 11.4 Å². The lowest BCUT2D eigenvalue weighted by Crippen LogP contribution is -2.21. The number of benzene rings is 2. The lowest BCUT2D eigenvalue weighted by Gasteiger charge is -2.13. The molecule has 0 saturated heterocycles. The van der Waals surface area contributed by atoms with Gasteiger partial charge in [0, 0.05) is 16.9 Å². The molecule has 2 aromatic carbocycles. The van der Waals surface area contributed by atoms with Crippen molar-refractivity contribution in [3.63, 3.8) is 0 Å². The van der Waals surface area contributed by atoms with E-state index in [0.717, 1.165) is 18.2 Å². The summed E-state index contributed by atoms with van der Waals surface area (Å²) in [5.41, 5.74) is 2.46. The van der Waals surface area contributed by atoms with Crippen molar-refractivity contribution in [2.75, 3.05) is 10.6 Å². The largest absolute Gasteiger partial charge is 0.439 e. The highest BCUT2D eigenvalue weighted by atomic mass is 16.5. The molecule has 0 radical (unpaired) electrons. The van der Waals surface area contributed by atoms with E-state index in [4.69, 9.17) is 0 Å². The fourth-order valence-electron chi connectivity index (χ4n) is 3.73. The van der Waals surface area contributed by atoms with E-state index in [-0.39, 0.29) is 23.3 Å². The Labute approximate surface area is 194 Å². The van der Waals surface area contributed by atoms with Crippen LogP contribution < -0.4 is 16.4 Å². The Balaban J connectivity index is 1.64. The lowest BCUT2D eigenvalue weighted by atomic mass is 10.0. The van der Waals surface area contributed by atoms with Crippen molar-refractivity contribution >= 4 is 34.1 Å². The van der Waals surface area contributed by atoms with Crippen molar-refractivity contribution in [2.24, 2.45) is 5.92 Å². The van der Waals surface area contributed by atoms with Gasteiger partial charge in [0.1, 0.15) is 5.69 Å². The van der Waals surface area contributed by atoms with E-state index in [9.17, 15) is 19.6 Å². The van der Waals surface area contributed by atoms with E-state index in [0.29, 0.717) is 28.0 Å². The Kier molecular flexibility index (Phi) is 6.27. The number of hydrogen-bond donors (Lipinski definition) is 4. The number of aromatic amines is 2. The first-order chi connectivity index (χ1) is 16.4. The van der Waals surface area contributed by atoms with Crippen molar-refractivity contribution in [1.29, 1.82) is 5.26 Å². The Bertz CT molecular complexity index is 1470. The Hall–Kier alpha value is -4.65. The average molecular weight is 458 g/mol. The van der Waals surface area contributed by atoms with E-state index < -0.39 is 11.7 Å². The van der Waals surface area contributed by atoms with Crippen LogP contribution in [0.1, 0.15) is 42.7 Å². The molecule has 10 heteroatoms. The zero-order chi connectivity index (χ0) is 24.2. The van der Waals surface area contributed by atoms with Gasteiger partial charge in [-0.05, 0) is 43.2 Å². The van der Waals surface area contributed by atoms with Crippen molar-refractivity contribution in [1.82, 2.24) is 15.1 Å². The summed E-state index contributed by atoms with van der Waals surface area (Å²) in [5.74, 6) is -1.29. The Morgan fingerprint density at radius 1 is 1.09 bits per heavy atom. The van der Waals surface area contributed by atoms with Gasteiger partial charge in [0.2, 0.25) is 5.91 Å². The van der Waals surface area contributed by atoms with E-state index in [1.165, 1.54) is 12.1 Å². The summed E-state index contributed by atoms with van der Waals surface area (Å²) in [6, 6.07) is 13.7. The van der Waals surface area contributed by atoms with Gasteiger partial charge in [-0.3, -0.25) is 19.1 Å². The molecule has 0 aliphatic heterocycles. The number of fused-ring (bicyclic) bond motifs is 1. The summed E-state index contributed by atoms with van der Waals surface area (Å²) < 4.78 is 4.56. The van der Waals surface area contributed by atoms with E-state index in [1.54, 1.807) is 24.3 Å². The standard InChI is InChI=1S/C24H22N6O4/c1-3-14(4-2)22(31)28-18-7-5-6-15-11-19(26-20(15)18)23(32)27-17-9-8-13(12-25)10-16(17)21-29-24(33)34-30-21/h5-11,14,26H,3-4H2,1-2H3,(H,27,32)(H,28,31)(H,29,30,33). The Morgan fingerprint density at radius 3 is 2.56 bits per heavy atom. The second-order valence-corrected chi connectivity index (χ2v) is 7.73. The molecule has 0 saturated carbocycles. The van der Waals surface area contributed by atoms with Crippen LogP contribution in [0.15, 0.2) is 51.8 Å². The molecule has 0 fully saturated rings. The van der Waals surface area contributed by atoms with Crippen molar-refractivity contribution < 1.29 is 14.1 Å². The highest BCUT2D eigenvalue weighted by Crippen LogP contribution is 2.28. The van der Waals surface area contributed by atoms with Crippen LogP contribution in [0.5, 0.6) is 0 Å². The molecule has 0 unspecified atom stereocenters. The van der Waals surface area contributed by atoms with Crippen LogP contribution in [0, 0.1) is 17.2 Å². The topological polar surface area (TPSA) is 157 Å². The number of para-hydroxylation sites is 1. The van der Waals surface area contributed by atoms with Crippen LogP contribution in [0.25, 0.3) is 22.3 Å². The SMILES string of the molecule is CCC(CC)C(=O)Nc1cccc2cc(C(=O)Nc3ccc(C#N)cc3-c3noc(=O)[nH]3)[nH]c12. The molecule has 4 aromatic rings. The molecular formula is C24H22N6O4. The third-order valence-corrected chi connectivity index (χ3v) is 5.61. The average Bonchev–Trinajstić information content (AvgIpc) is 3.47. The number of rotatable bonds is 7. The highest BCUT2D eigenvalue weighted by Gasteiger charge is 2.19. The lowest BCUT2D eigenvalue weighted by molar-refractivity contribution is -0.120. The van der Waals surface area contributed by atoms with Gasteiger partial charge in [-0.25, -0.2) is 4.79 Å². The maximum atomic E-state index is 13.1. The predicted molar refractivity (Wildman–Crippen MR) is 126 cm³/mol. The van der Waals surface area contributed by atoms with Gasteiger partial charge in [-0.2, -0.15) is 5.26 Å². The molecule has 34 heavy (non-hydrogen) atoms. The minimum Gasteiger partial charge on any atom is -0.349 e. The van der Waals surface area contributed by atoms with Crippen LogP contribution in [0.3, 0.4) is 0 Å². The third-order valence-electron chi connectivity index (χ3n) is 5.61. The number of carbonyl (C=O) groups is 2. The molecular weight excluding hydrogens is 436 g/mol. The van der Waals surface area contributed by atoms with E-state index in [1.807, 2.05) is 26.0 Å². The summed E-state index contributed by atoms with van der Waals surface area (Å²) in [4.78, 5) is 42.5. The monoisotopic (exact) mass is 458 g/mol. The number of H-pyrrole nitrogens is 2. The minimum atomic E-state index is -0.756. The van der Waals surface area contributed by atoms with Gasteiger partial charge >= 0.3 is 5.76 Å². The number of hydrogen-bond acceptors (Lipinski definition) is 6. The molecule has 2 amide bonds.